The zero-order valence-corrected chi connectivity index (χ0v) is 14.2. The standard InChI is InChI=1S/C17H25NO2S/c1-12-8-9-13(15(21)11-12)14-7-5-6-10-18(14)16(19)20-17(2,3)4/h8-9,11,14,21H,5-7,10H2,1-4H3. The fourth-order valence-corrected chi connectivity index (χ4v) is 3.16. The predicted octanol–water partition coefficient (Wildman–Crippen LogP) is 4.75. The molecule has 1 heterocycles. The Bertz CT molecular complexity index is 522. The summed E-state index contributed by atoms with van der Waals surface area (Å²) in [6, 6.07) is 6.30. The van der Waals surface area contributed by atoms with Crippen LogP contribution in [-0.2, 0) is 4.74 Å². The highest BCUT2D eigenvalue weighted by Gasteiger charge is 2.32. The summed E-state index contributed by atoms with van der Waals surface area (Å²) in [5.41, 5.74) is 1.84. The summed E-state index contributed by atoms with van der Waals surface area (Å²) in [6.45, 7) is 8.51. The van der Waals surface area contributed by atoms with E-state index in [0.717, 1.165) is 36.3 Å². The molecule has 0 aliphatic carbocycles. The quantitative estimate of drug-likeness (QED) is 0.759. The Kier molecular flexibility index (Phi) is 4.87. The Labute approximate surface area is 133 Å². The lowest BCUT2D eigenvalue weighted by Crippen LogP contribution is -2.42. The molecule has 0 spiro atoms. The Morgan fingerprint density at radius 1 is 1.33 bits per heavy atom. The maximum Gasteiger partial charge on any atom is 0.410 e. The fraction of sp³-hybridized carbons (Fsp3) is 0.588. The monoisotopic (exact) mass is 307 g/mol. The van der Waals surface area contributed by atoms with Crippen molar-refractivity contribution < 1.29 is 9.53 Å². The van der Waals surface area contributed by atoms with Crippen molar-refractivity contribution in [1.82, 2.24) is 4.90 Å². The Morgan fingerprint density at radius 3 is 2.67 bits per heavy atom. The van der Waals surface area contributed by atoms with Crippen LogP contribution in [0.25, 0.3) is 0 Å². The lowest BCUT2D eigenvalue weighted by atomic mass is 9.95. The molecule has 0 aromatic heterocycles. The summed E-state index contributed by atoms with van der Waals surface area (Å²) in [5.74, 6) is 0. The van der Waals surface area contributed by atoms with Crippen molar-refractivity contribution in [2.75, 3.05) is 6.54 Å². The first-order chi connectivity index (χ1) is 9.78. The van der Waals surface area contributed by atoms with Gasteiger partial charge in [0.2, 0.25) is 0 Å². The molecular formula is C17H25NO2S. The number of piperidine rings is 1. The minimum Gasteiger partial charge on any atom is -0.444 e. The molecule has 1 amide bonds. The van der Waals surface area contributed by atoms with Crippen LogP contribution in [0.2, 0.25) is 0 Å². The van der Waals surface area contributed by atoms with Gasteiger partial charge < -0.3 is 9.64 Å². The van der Waals surface area contributed by atoms with Crippen LogP contribution in [0.1, 0.15) is 57.2 Å². The van der Waals surface area contributed by atoms with Crippen molar-refractivity contribution in [1.29, 1.82) is 0 Å². The van der Waals surface area contributed by atoms with E-state index >= 15 is 0 Å². The molecule has 3 nitrogen and oxygen atoms in total. The Balaban J connectivity index is 2.24. The van der Waals surface area contributed by atoms with Gasteiger partial charge in [0.25, 0.3) is 0 Å². The number of likely N-dealkylation sites (tertiary alicyclic amines) is 1. The molecule has 1 aliphatic rings. The second-order valence-corrected chi connectivity index (χ2v) is 7.23. The number of amides is 1. The third kappa shape index (κ3) is 4.16. The van der Waals surface area contributed by atoms with Gasteiger partial charge >= 0.3 is 6.09 Å². The summed E-state index contributed by atoms with van der Waals surface area (Å²) in [7, 11) is 0. The van der Waals surface area contributed by atoms with E-state index in [0.29, 0.717) is 0 Å². The van der Waals surface area contributed by atoms with E-state index in [1.807, 2.05) is 25.7 Å². The average Bonchev–Trinajstić information content (AvgIpc) is 2.37. The van der Waals surface area contributed by atoms with Gasteiger partial charge in [-0.2, -0.15) is 0 Å². The molecule has 2 rings (SSSR count). The van der Waals surface area contributed by atoms with Crippen molar-refractivity contribution in [3.63, 3.8) is 0 Å². The maximum atomic E-state index is 12.5. The second-order valence-electron chi connectivity index (χ2n) is 6.75. The van der Waals surface area contributed by atoms with Gasteiger partial charge in [0.1, 0.15) is 5.60 Å². The van der Waals surface area contributed by atoms with Gasteiger partial charge in [-0.15, -0.1) is 12.6 Å². The largest absolute Gasteiger partial charge is 0.444 e. The van der Waals surface area contributed by atoms with Crippen LogP contribution in [0.5, 0.6) is 0 Å². The number of thiol groups is 1. The second kappa shape index (κ2) is 6.30. The third-order valence-electron chi connectivity index (χ3n) is 3.68. The van der Waals surface area contributed by atoms with E-state index in [1.165, 1.54) is 5.56 Å². The van der Waals surface area contributed by atoms with E-state index in [9.17, 15) is 4.79 Å². The number of ether oxygens (including phenoxy) is 1. The summed E-state index contributed by atoms with van der Waals surface area (Å²) in [6.07, 6.45) is 2.91. The first kappa shape index (κ1) is 16.2. The molecule has 1 atom stereocenters. The van der Waals surface area contributed by atoms with E-state index in [1.54, 1.807) is 0 Å². The number of carbonyl (C=O) groups is 1. The number of hydrogen-bond donors (Lipinski definition) is 1. The maximum absolute atomic E-state index is 12.5. The first-order valence-corrected chi connectivity index (χ1v) is 8.02. The number of nitrogens with zero attached hydrogens (tertiary/aromatic N) is 1. The molecule has 116 valence electrons. The Hall–Kier alpha value is -1.16. The SMILES string of the molecule is Cc1ccc(C2CCCCN2C(=O)OC(C)(C)C)c(S)c1. The summed E-state index contributed by atoms with van der Waals surface area (Å²) in [4.78, 5) is 15.3. The zero-order chi connectivity index (χ0) is 15.6. The molecule has 1 aromatic carbocycles. The van der Waals surface area contributed by atoms with Gasteiger partial charge in [0.15, 0.2) is 0 Å². The van der Waals surface area contributed by atoms with E-state index in [-0.39, 0.29) is 12.1 Å². The van der Waals surface area contributed by atoms with E-state index in [4.69, 9.17) is 4.74 Å². The van der Waals surface area contributed by atoms with Gasteiger partial charge in [-0.05, 0) is 58.6 Å². The van der Waals surface area contributed by atoms with Gasteiger partial charge in [-0.1, -0.05) is 17.7 Å². The minimum atomic E-state index is -0.462. The summed E-state index contributed by atoms with van der Waals surface area (Å²) in [5, 5.41) is 0. The molecule has 4 heteroatoms. The van der Waals surface area contributed by atoms with Gasteiger partial charge in [0.05, 0.1) is 6.04 Å². The van der Waals surface area contributed by atoms with Crippen molar-refractivity contribution >= 4 is 18.7 Å². The smallest absolute Gasteiger partial charge is 0.410 e. The molecule has 1 unspecified atom stereocenters. The molecule has 0 saturated carbocycles. The van der Waals surface area contributed by atoms with E-state index < -0.39 is 5.60 Å². The molecule has 1 fully saturated rings. The van der Waals surface area contributed by atoms with E-state index in [2.05, 4.69) is 37.8 Å². The van der Waals surface area contributed by atoms with Crippen LogP contribution in [0, 0.1) is 6.92 Å². The average molecular weight is 307 g/mol. The first-order valence-electron chi connectivity index (χ1n) is 7.57. The number of aryl methyl sites for hydroxylation is 1. The summed E-state index contributed by atoms with van der Waals surface area (Å²) < 4.78 is 5.55. The van der Waals surface area contributed by atoms with Crippen LogP contribution < -0.4 is 0 Å². The molecule has 1 aliphatic heterocycles. The number of benzene rings is 1. The number of hydrogen-bond acceptors (Lipinski definition) is 3. The van der Waals surface area contributed by atoms with Crippen LogP contribution in [0.3, 0.4) is 0 Å². The molecule has 21 heavy (non-hydrogen) atoms. The Morgan fingerprint density at radius 2 is 2.05 bits per heavy atom. The van der Waals surface area contributed by atoms with Crippen molar-refractivity contribution in [3.8, 4) is 0 Å². The molecule has 0 radical (unpaired) electrons. The predicted molar refractivity (Wildman–Crippen MR) is 88.0 cm³/mol. The molecule has 1 aromatic rings. The van der Waals surface area contributed by atoms with Gasteiger partial charge in [-0.25, -0.2) is 4.79 Å². The molecular weight excluding hydrogens is 282 g/mol. The van der Waals surface area contributed by atoms with Gasteiger partial charge in [0, 0.05) is 11.4 Å². The zero-order valence-electron chi connectivity index (χ0n) is 13.3. The summed E-state index contributed by atoms with van der Waals surface area (Å²) >= 11 is 4.59. The minimum absolute atomic E-state index is 0.0710. The van der Waals surface area contributed by atoms with Crippen molar-refractivity contribution in [2.45, 2.75) is 63.5 Å². The number of rotatable bonds is 1. The van der Waals surface area contributed by atoms with Crippen LogP contribution in [0.15, 0.2) is 23.1 Å². The van der Waals surface area contributed by atoms with Crippen molar-refractivity contribution in [2.24, 2.45) is 0 Å². The van der Waals surface area contributed by atoms with Crippen LogP contribution >= 0.6 is 12.6 Å². The highest BCUT2D eigenvalue weighted by Crippen LogP contribution is 2.35. The van der Waals surface area contributed by atoms with Crippen LogP contribution in [0.4, 0.5) is 4.79 Å². The number of carbonyl (C=O) groups excluding carboxylic acids is 1. The van der Waals surface area contributed by atoms with Gasteiger partial charge in [-0.3, -0.25) is 0 Å². The fourth-order valence-electron chi connectivity index (χ4n) is 2.73. The molecule has 0 bridgehead atoms. The molecule has 0 N–H and O–H groups in total. The highest BCUT2D eigenvalue weighted by atomic mass is 32.1. The lowest BCUT2D eigenvalue weighted by molar-refractivity contribution is 0.00922. The highest BCUT2D eigenvalue weighted by molar-refractivity contribution is 7.80. The lowest BCUT2D eigenvalue weighted by Gasteiger charge is -2.37. The van der Waals surface area contributed by atoms with Crippen LogP contribution in [-0.4, -0.2) is 23.1 Å². The third-order valence-corrected chi connectivity index (χ3v) is 4.06. The topological polar surface area (TPSA) is 29.5 Å². The molecule has 1 saturated heterocycles. The van der Waals surface area contributed by atoms with Crippen molar-refractivity contribution in [3.05, 3.63) is 29.3 Å². The normalized spacial score (nSPS) is 19.5.